The van der Waals surface area contributed by atoms with Crippen molar-refractivity contribution in [3.8, 4) is 18.0 Å². The van der Waals surface area contributed by atoms with Crippen molar-refractivity contribution in [2.45, 2.75) is 57.5 Å². The number of methoxy groups -OCH3 is 1. The normalized spacial score (nSPS) is 22.9. The summed E-state index contributed by atoms with van der Waals surface area (Å²) < 4.78 is 12.1. The van der Waals surface area contributed by atoms with E-state index in [0.717, 1.165) is 30.6 Å². The maximum Gasteiger partial charge on any atom is 0.321 e. The zero-order valence-corrected chi connectivity index (χ0v) is 24.4. The van der Waals surface area contributed by atoms with Gasteiger partial charge in [0, 0.05) is 33.1 Å². The lowest BCUT2D eigenvalue weighted by Gasteiger charge is -2.39. The molecule has 2 unspecified atom stereocenters. The Hall–Kier alpha value is -3.64. The maximum atomic E-state index is 11.9. The van der Waals surface area contributed by atoms with Crippen LogP contribution in [-0.4, -0.2) is 79.1 Å². The van der Waals surface area contributed by atoms with Crippen LogP contribution in [0.3, 0.4) is 0 Å². The summed E-state index contributed by atoms with van der Waals surface area (Å²) in [5.41, 5.74) is 3.35. The van der Waals surface area contributed by atoms with E-state index in [2.05, 4.69) is 64.6 Å². The number of carbonyl (C=O) groups excluding carboxylic acids is 1. The molecule has 2 aromatic rings. The van der Waals surface area contributed by atoms with Crippen LogP contribution in [0, 0.1) is 11.3 Å². The molecular weight excluding hydrogens is 504 g/mol. The summed E-state index contributed by atoms with van der Waals surface area (Å²) in [6.45, 7) is 12.6. The Morgan fingerprint density at radius 3 is 2.45 bits per heavy atom. The molecule has 1 aromatic heterocycles. The van der Waals surface area contributed by atoms with E-state index in [1.54, 1.807) is 13.2 Å². The second-order valence-electron chi connectivity index (χ2n) is 10.9. The average Bonchev–Trinajstić information content (AvgIpc) is 3.57. The molecule has 4 heterocycles. The van der Waals surface area contributed by atoms with E-state index in [9.17, 15) is 4.79 Å². The number of fused-ring (bicyclic) bond motifs is 3. The molecule has 3 aliphatic heterocycles. The molecule has 40 heavy (non-hydrogen) atoms. The van der Waals surface area contributed by atoms with Gasteiger partial charge in [0.25, 0.3) is 0 Å². The third kappa shape index (κ3) is 6.23. The number of aromatic nitrogens is 2. The Labute approximate surface area is 238 Å². The first-order valence-corrected chi connectivity index (χ1v) is 14.2. The Kier molecular flexibility index (Phi) is 9.64. The molecule has 0 N–H and O–H groups in total. The van der Waals surface area contributed by atoms with Crippen LogP contribution >= 0.6 is 0 Å². The van der Waals surface area contributed by atoms with Gasteiger partial charge in [-0.2, -0.15) is 15.2 Å². The fourth-order valence-electron chi connectivity index (χ4n) is 6.18. The molecule has 4 aliphatic rings. The highest BCUT2D eigenvalue weighted by molar-refractivity contribution is 5.87. The number of anilines is 1. The second kappa shape index (κ2) is 13.1. The van der Waals surface area contributed by atoms with Crippen molar-refractivity contribution in [3.63, 3.8) is 0 Å². The van der Waals surface area contributed by atoms with Crippen LogP contribution in [0.15, 0.2) is 36.9 Å². The molecule has 1 aliphatic carbocycles. The van der Waals surface area contributed by atoms with Crippen LogP contribution in [0.5, 0.6) is 11.9 Å². The minimum atomic E-state index is -0.339. The predicted octanol–water partition coefficient (Wildman–Crippen LogP) is 4.29. The van der Waals surface area contributed by atoms with Gasteiger partial charge < -0.3 is 24.2 Å². The number of rotatable bonds is 3. The summed E-state index contributed by atoms with van der Waals surface area (Å²) in [6, 6.07) is 10.7. The Morgan fingerprint density at radius 1 is 1.18 bits per heavy atom. The molecule has 2 saturated heterocycles. The van der Waals surface area contributed by atoms with Gasteiger partial charge in [-0.1, -0.05) is 37.8 Å². The fourth-order valence-corrected chi connectivity index (χ4v) is 6.18. The summed E-state index contributed by atoms with van der Waals surface area (Å²) in [5, 5.41) is 7.32. The average molecular weight is 547 g/mol. The lowest BCUT2D eigenvalue weighted by molar-refractivity contribution is -0.126. The number of carbonyl (C=O) groups is 1. The van der Waals surface area contributed by atoms with Crippen LogP contribution in [0.2, 0.25) is 0 Å². The number of ether oxygens (including phenoxy) is 2. The molecular formula is C31H42N6O3. The molecule has 2 fully saturated rings. The van der Waals surface area contributed by atoms with Gasteiger partial charge in [0.2, 0.25) is 11.8 Å². The molecule has 9 heteroatoms. The topological polar surface area (TPSA) is 94.8 Å². The summed E-state index contributed by atoms with van der Waals surface area (Å²) in [6.07, 6.45) is 6.90. The predicted molar refractivity (Wildman–Crippen MR) is 156 cm³/mol. The van der Waals surface area contributed by atoms with Crippen molar-refractivity contribution >= 4 is 11.7 Å². The van der Waals surface area contributed by atoms with Gasteiger partial charge in [0.1, 0.15) is 11.4 Å². The van der Waals surface area contributed by atoms with E-state index < -0.39 is 0 Å². The first kappa shape index (κ1) is 29.3. The molecule has 0 bridgehead atoms. The summed E-state index contributed by atoms with van der Waals surface area (Å²) in [4.78, 5) is 27.6. The monoisotopic (exact) mass is 546 g/mol. The smallest absolute Gasteiger partial charge is 0.321 e. The first-order valence-electron chi connectivity index (χ1n) is 14.2. The SMILES string of the molecule is C=CC(=O)N1CCN(c2nc(OC)nc3c2CCC2(CC(C)c4ccccc42)O3)CC1.CC#N.CN1CCCC1. The number of benzene rings is 1. The highest BCUT2D eigenvalue weighted by Gasteiger charge is 2.47. The molecule has 214 valence electrons. The second-order valence-corrected chi connectivity index (χ2v) is 10.9. The molecule has 0 radical (unpaired) electrons. The number of amides is 1. The standard InChI is InChI=1S/C24H28N4O3.C5H11N.C2H3N/c1-4-20(29)27-11-13-28(14-12-27)21-18-9-10-24(31-22(18)26-23(25-21)30-3)15-16(2)17-7-5-6-8-19(17)24;1-6-4-2-3-5-6;1-2-3/h4-8,16H,1,9-15H2,2-3H3;2-5H2,1H3;1H3. The maximum absolute atomic E-state index is 11.9. The van der Waals surface area contributed by atoms with Gasteiger partial charge in [-0.15, -0.1) is 0 Å². The molecule has 1 amide bonds. The molecule has 1 aromatic carbocycles. The number of nitrogens with zero attached hydrogens (tertiary/aromatic N) is 6. The van der Waals surface area contributed by atoms with E-state index in [4.69, 9.17) is 14.7 Å². The van der Waals surface area contributed by atoms with Gasteiger partial charge in [-0.3, -0.25) is 4.79 Å². The van der Waals surface area contributed by atoms with Crippen LogP contribution in [0.25, 0.3) is 0 Å². The van der Waals surface area contributed by atoms with Crippen molar-refractivity contribution in [3.05, 3.63) is 53.6 Å². The third-order valence-electron chi connectivity index (χ3n) is 8.19. The Balaban J connectivity index is 0.000000354. The van der Waals surface area contributed by atoms with Crippen molar-refractivity contribution < 1.29 is 14.3 Å². The van der Waals surface area contributed by atoms with Gasteiger partial charge in [0.05, 0.1) is 18.7 Å². The van der Waals surface area contributed by atoms with Crippen LogP contribution in [0.1, 0.15) is 62.1 Å². The summed E-state index contributed by atoms with van der Waals surface area (Å²) in [5.74, 6) is 1.92. The molecule has 2 atom stereocenters. The van der Waals surface area contributed by atoms with Crippen molar-refractivity contribution in [2.24, 2.45) is 0 Å². The molecule has 9 nitrogen and oxygen atoms in total. The summed E-state index contributed by atoms with van der Waals surface area (Å²) in [7, 11) is 3.75. The van der Waals surface area contributed by atoms with E-state index in [-0.39, 0.29) is 11.5 Å². The lowest BCUT2D eigenvalue weighted by Crippen LogP contribution is -2.49. The zero-order valence-electron chi connectivity index (χ0n) is 24.4. The van der Waals surface area contributed by atoms with E-state index in [1.165, 1.54) is 50.1 Å². The molecule has 6 rings (SSSR count). The minimum absolute atomic E-state index is 0.0266. The highest BCUT2D eigenvalue weighted by atomic mass is 16.5. The van der Waals surface area contributed by atoms with Gasteiger partial charge in [-0.05, 0) is 75.4 Å². The first-order chi connectivity index (χ1) is 19.4. The number of likely N-dealkylation sites (tertiary alicyclic amines) is 1. The van der Waals surface area contributed by atoms with Crippen molar-refractivity contribution in [1.82, 2.24) is 19.8 Å². The van der Waals surface area contributed by atoms with Crippen molar-refractivity contribution in [2.75, 3.05) is 58.3 Å². The third-order valence-corrected chi connectivity index (χ3v) is 8.19. The Bertz CT molecular complexity index is 1230. The van der Waals surface area contributed by atoms with Gasteiger partial charge >= 0.3 is 6.01 Å². The van der Waals surface area contributed by atoms with Crippen LogP contribution in [-0.2, 0) is 16.8 Å². The van der Waals surface area contributed by atoms with Gasteiger partial charge in [-0.25, -0.2) is 0 Å². The summed E-state index contributed by atoms with van der Waals surface area (Å²) >= 11 is 0. The highest BCUT2D eigenvalue weighted by Crippen LogP contribution is 2.52. The van der Waals surface area contributed by atoms with Gasteiger partial charge in [0.15, 0.2) is 0 Å². The minimum Gasteiger partial charge on any atom is -0.467 e. The van der Waals surface area contributed by atoms with Crippen LogP contribution < -0.4 is 14.4 Å². The molecule has 0 saturated carbocycles. The quantitative estimate of drug-likeness (QED) is 0.527. The number of piperazine rings is 1. The molecule has 1 spiro atoms. The van der Waals surface area contributed by atoms with Crippen LogP contribution in [0.4, 0.5) is 5.82 Å². The van der Waals surface area contributed by atoms with Crippen molar-refractivity contribution in [1.29, 1.82) is 5.26 Å². The number of nitriles is 1. The van der Waals surface area contributed by atoms with E-state index >= 15 is 0 Å². The van der Waals surface area contributed by atoms with E-state index in [0.29, 0.717) is 44.0 Å². The number of hydrogen-bond donors (Lipinski definition) is 0. The Morgan fingerprint density at radius 2 is 1.85 bits per heavy atom. The zero-order chi connectivity index (χ0) is 28.7. The number of hydrogen-bond acceptors (Lipinski definition) is 8. The van der Waals surface area contributed by atoms with E-state index in [1.807, 2.05) is 4.90 Å². The fraction of sp³-hybridized carbons (Fsp3) is 0.548. The largest absolute Gasteiger partial charge is 0.467 e. The lowest BCUT2D eigenvalue weighted by atomic mass is 9.86.